The Bertz CT molecular complexity index is 354. The van der Waals surface area contributed by atoms with Crippen molar-refractivity contribution in [2.45, 2.75) is 95.3 Å². The average molecular weight is 277 g/mol. The highest BCUT2D eigenvalue weighted by Gasteiger charge is 2.48. The second-order valence-corrected chi connectivity index (χ2v) is 8.46. The molecule has 4 rings (SSSR count). The molecule has 2 heteroatoms. The molecule has 0 aromatic heterocycles. The number of hydrogen-bond donors (Lipinski definition) is 1. The van der Waals surface area contributed by atoms with E-state index >= 15 is 0 Å². The molecule has 2 atom stereocenters. The van der Waals surface area contributed by atoms with Crippen LogP contribution < -0.4 is 5.32 Å². The molecule has 0 aromatic carbocycles. The predicted octanol–water partition coefficient (Wildman–Crippen LogP) is 4.04. The second-order valence-electron chi connectivity index (χ2n) is 8.46. The van der Waals surface area contributed by atoms with Crippen molar-refractivity contribution >= 4 is 0 Å². The highest BCUT2D eigenvalue weighted by molar-refractivity contribution is 4.99. The SMILES string of the molecule is CC(CNC1CC1)(CC1CCC2(CCCC2)O1)C1CC1. The predicted molar refractivity (Wildman–Crippen MR) is 81.8 cm³/mol. The van der Waals surface area contributed by atoms with E-state index < -0.39 is 0 Å². The normalized spacial score (nSPS) is 35.5. The summed E-state index contributed by atoms with van der Waals surface area (Å²) < 4.78 is 6.58. The third kappa shape index (κ3) is 2.78. The molecule has 3 aliphatic carbocycles. The van der Waals surface area contributed by atoms with Crippen molar-refractivity contribution in [3.8, 4) is 0 Å². The van der Waals surface area contributed by atoms with Crippen LogP contribution in [0.4, 0.5) is 0 Å². The van der Waals surface area contributed by atoms with Crippen molar-refractivity contribution < 1.29 is 4.74 Å². The molecule has 1 saturated heterocycles. The molecule has 1 N–H and O–H groups in total. The minimum absolute atomic E-state index is 0.319. The molecule has 0 bridgehead atoms. The van der Waals surface area contributed by atoms with Crippen LogP contribution in [-0.4, -0.2) is 24.3 Å². The van der Waals surface area contributed by atoms with E-state index in [-0.39, 0.29) is 0 Å². The van der Waals surface area contributed by atoms with Gasteiger partial charge in [-0.2, -0.15) is 0 Å². The van der Waals surface area contributed by atoms with Gasteiger partial charge in [-0.1, -0.05) is 19.8 Å². The van der Waals surface area contributed by atoms with Gasteiger partial charge in [-0.3, -0.25) is 0 Å². The zero-order valence-corrected chi connectivity index (χ0v) is 13.1. The molecule has 1 spiro atoms. The van der Waals surface area contributed by atoms with Gasteiger partial charge in [0.05, 0.1) is 11.7 Å². The minimum Gasteiger partial charge on any atom is -0.372 e. The quantitative estimate of drug-likeness (QED) is 0.791. The summed E-state index contributed by atoms with van der Waals surface area (Å²) in [5, 5.41) is 3.80. The first-order chi connectivity index (χ1) is 9.68. The monoisotopic (exact) mass is 277 g/mol. The van der Waals surface area contributed by atoms with Crippen molar-refractivity contribution in [2.75, 3.05) is 6.54 Å². The van der Waals surface area contributed by atoms with E-state index in [9.17, 15) is 0 Å². The number of ether oxygens (including phenoxy) is 1. The first kappa shape index (κ1) is 13.6. The van der Waals surface area contributed by atoms with E-state index in [1.54, 1.807) is 0 Å². The van der Waals surface area contributed by atoms with Crippen molar-refractivity contribution in [3.05, 3.63) is 0 Å². The largest absolute Gasteiger partial charge is 0.372 e. The lowest BCUT2D eigenvalue weighted by molar-refractivity contribution is -0.0541. The van der Waals surface area contributed by atoms with Crippen LogP contribution >= 0.6 is 0 Å². The molecule has 114 valence electrons. The van der Waals surface area contributed by atoms with Gasteiger partial charge >= 0.3 is 0 Å². The molecule has 3 saturated carbocycles. The van der Waals surface area contributed by atoms with E-state index in [1.165, 1.54) is 77.2 Å². The van der Waals surface area contributed by atoms with Crippen LogP contribution in [0.2, 0.25) is 0 Å². The lowest BCUT2D eigenvalue weighted by Gasteiger charge is -2.34. The van der Waals surface area contributed by atoms with Gasteiger partial charge in [0.1, 0.15) is 0 Å². The maximum absolute atomic E-state index is 6.58. The summed E-state index contributed by atoms with van der Waals surface area (Å²) in [6, 6.07) is 0.846. The van der Waals surface area contributed by atoms with Crippen LogP contribution in [0.1, 0.15) is 77.6 Å². The lowest BCUT2D eigenvalue weighted by atomic mass is 9.79. The maximum atomic E-state index is 6.58. The Hall–Kier alpha value is -0.0800. The maximum Gasteiger partial charge on any atom is 0.0687 e. The Morgan fingerprint density at radius 2 is 1.80 bits per heavy atom. The molecule has 1 heterocycles. The zero-order valence-electron chi connectivity index (χ0n) is 13.1. The van der Waals surface area contributed by atoms with Crippen molar-refractivity contribution in [2.24, 2.45) is 11.3 Å². The minimum atomic E-state index is 0.319. The highest BCUT2D eigenvalue weighted by Crippen LogP contribution is 2.51. The van der Waals surface area contributed by atoms with Crippen LogP contribution in [0, 0.1) is 11.3 Å². The van der Waals surface area contributed by atoms with Crippen LogP contribution in [-0.2, 0) is 4.74 Å². The topological polar surface area (TPSA) is 21.3 Å². The van der Waals surface area contributed by atoms with Crippen LogP contribution in [0.5, 0.6) is 0 Å². The van der Waals surface area contributed by atoms with Crippen molar-refractivity contribution in [3.63, 3.8) is 0 Å². The Morgan fingerprint density at radius 1 is 1.05 bits per heavy atom. The second kappa shape index (κ2) is 4.98. The molecule has 4 fully saturated rings. The van der Waals surface area contributed by atoms with Gasteiger partial charge in [-0.15, -0.1) is 0 Å². The standard InChI is InChI=1S/C18H31NO/c1-17(14-4-5-14,13-19-15-6-7-15)12-16-8-11-18(20-16)9-2-3-10-18/h14-16,19H,2-13H2,1H3. The highest BCUT2D eigenvalue weighted by atomic mass is 16.5. The van der Waals surface area contributed by atoms with E-state index in [1.807, 2.05) is 0 Å². The molecular weight excluding hydrogens is 246 g/mol. The summed E-state index contributed by atoms with van der Waals surface area (Å²) in [6.07, 6.45) is 15.7. The molecule has 4 aliphatic rings. The fourth-order valence-electron chi connectivity index (χ4n) is 4.77. The van der Waals surface area contributed by atoms with E-state index in [2.05, 4.69) is 12.2 Å². The first-order valence-electron chi connectivity index (χ1n) is 9.09. The van der Waals surface area contributed by atoms with Crippen molar-refractivity contribution in [1.29, 1.82) is 0 Å². The molecule has 0 amide bonds. The summed E-state index contributed by atoms with van der Waals surface area (Å²) in [4.78, 5) is 0. The van der Waals surface area contributed by atoms with Gasteiger partial charge < -0.3 is 10.1 Å². The third-order valence-electron chi connectivity index (χ3n) is 6.48. The summed E-state index contributed by atoms with van der Waals surface area (Å²) >= 11 is 0. The first-order valence-corrected chi connectivity index (χ1v) is 9.09. The summed E-state index contributed by atoms with van der Waals surface area (Å²) in [5.74, 6) is 0.970. The van der Waals surface area contributed by atoms with Crippen LogP contribution in [0.25, 0.3) is 0 Å². The lowest BCUT2D eigenvalue weighted by Crippen LogP contribution is -2.38. The van der Waals surface area contributed by atoms with E-state index in [0.29, 0.717) is 17.1 Å². The molecule has 1 aliphatic heterocycles. The number of hydrogen-bond acceptors (Lipinski definition) is 2. The summed E-state index contributed by atoms with van der Waals surface area (Å²) in [7, 11) is 0. The molecule has 2 nitrogen and oxygen atoms in total. The molecule has 0 aromatic rings. The van der Waals surface area contributed by atoms with Gasteiger partial charge in [0.2, 0.25) is 0 Å². The summed E-state index contributed by atoms with van der Waals surface area (Å²) in [5.41, 5.74) is 0.816. The molecule has 20 heavy (non-hydrogen) atoms. The van der Waals surface area contributed by atoms with Gasteiger partial charge in [0.15, 0.2) is 0 Å². The van der Waals surface area contributed by atoms with Gasteiger partial charge in [-0.25, -0.2) is 0 Å². The van der Waals surface area contributed by atoms with Crippen molar-refractivity contribution in [1.82, 2.24) is 5.32 Å². The van der Waals surface area contributed by atoms with Crippen LogP contribution in [0.3, 0.4) is 0 Å². The average Bonchev–Trinajstić information content (AvgIpc) is 3.36. The Kier molecular flexibility index (Phi) is 3.38. The Balaban J connectivity index is 1.35. The van der Waals surface area contributed by atoms with Gasteiger partial charge in [0.25, 0.3) is 0 Å². The Labute approximate surface area is 124 Å². The van der Waals surface area contributed by atoms with E-state index in [0.717, 1.165) is 12.0 Å². The zero-order chi connectivity index (χ0) is 13.6. The Morgan fingerprint density at radius 3 is 2.45 bits per heavy atom. The van der Waals surface area contributed by atoms with E-state index in [4.69, 9.17) is 4.74 Å². The molecule has 2 unspecified atom stereocenters. The fourth-order valence-corrected chi connectivity index (χ4v) is 4.77. The smallest absolute Gasteiger partial charge is 0.0687 e. The number of rotatable bonds is 6. The molecule has 0 radical (unpaired) electrons. The van der Waals surface area contributed by atoms with Gasteiger partial charge in [0, 0.05) is 12.6 Å². The fraction of sp³-hybridized carbons (Fsp3) is 1.00. The van der Waals surface area contributed by atoms with Gasteiger partial charge in [-0.05, 0) is 69.1 Å². The number of nitrogens with one attached hydrogen (secondary N) is 1. The third-order valence-corrected chi connectivity index (χ3v) is 6.48. The molecular formula is C18H31NO. The van der Waals surface area contributed by atoms with Crippen LogP contribution in [0.15, 0.2) is 0 Å². The summed E-state index contributed by atoms with van der Waals surface area (Å²) in [6.45, 7) is 3.76.